The molecule has 4 nitrogen and oxygen atoms in total. The molecule has 1 aliphatic rings. The summed E-state index contributed by atoms with van der Waals surface area (Å²) in [6.45, 7) is 7.08. The third-order valence-electron chi connectivity index (χ3n) is 3.71. The van der Waals surface area contributed by atoms with E-state index in [-0.39, 0.29) is 6.10 Å². The van der Waals surface area contributed by atoms with Crippen LogP contribution in [0.15, 0.2) is 24.3 Å². The minimum atomic E-state index is -0.500. The van der Waals surface area contributed by atoms with Crippen molar-refractivity contribution in [2.24, 2.45) is 0 Å². The van der Waals surface area contributed by atoms with Gasteiger partial charge in [-0.2, -0.15) is 0 Å². The van der Waals surface area contributed by atoms with E-state index in [1.807, 2.05) is 24.3 Å². The fourth-order valence-corrected chi connectivity index (χ4v) is 2.66. The number of halogens is 1. The normalized spacial score (nSPS) is 25.0. The molecule has 0 bridgehead atoms. The van der Waals surface area contributed by atoms with Gasteiger partial charge in [0.15, 0.2) is 0 Å². The maximum atomic E-state index is 10.1. The SMILES string of the molecule is CC1CN(CC(O)COCc2ccccc2Cl)C(C)CO1. The van der Waals surface area contributed by atoms with Gasteiger partial charge in [0, 0.05) is 24.2 Å². The van der Waals surface area contributed by atoms with Gasteiger partial charge < -0.3 is 14.6 Å². The zero-order valence-corrected chi connectivity index (χ0v) is 13.4. The Bertz CT molecular complexity index is 443. The Morgan fingerprint density at radius 1 is 1.43 bits per heavy atom. The second kappa shape index (κ2) is 8.11. The number of hydrogen-bond acceptors (Lipinski definition) is 4. The van der Waals surface area contributed by atoms with Crippen LogP contribution in [-0.4, -0.2) is 54.6 Å². The van der Waals surface area contributed by atoms with Gasteiger partial charge in [0.2, 0.25) is 0 Å². The molecule has 3 unspecified atom stereocenters. The second-order valence-corrected chi connectivity index (χ2v) is 6.11. The van der Waals surface area contributed by atoms with Crippen LogP contribution in [0.3, 0.4) is 0 Å². The Kier molecular flexibility index (Phi) is 6.45. The molecule has 118 valence electrons. The molecule has 0 saturated carbocycles. The van der Waals surface area contributed by atoms with Crippen molar-refractivity contribution in [3.63, 3.8) is 0 Å². The molecule has 1 aromatic carbocycles. The van der Waals surface area contributed by atoms with E-state index in [2.05, 4.69) is 18.7 Å². The smallest absolute Gasteiger partial charge is 0.0900 e. The number of aliphatic hydroxyl groups is 1. The number of ether oxygens (including phenoxy) is 2. The minimum absolute atomic E-state index is 0.220. The van der Waals surface area contributed by atoms with Crippen LogP contribution in [0.2, 0.25) is 5.02 Å². The number of β-amino-alcohol motifs (C(OH)–C–C–N with tert-alkyl or cyclic N) is 1. The average Bonchev–Trinajstić information content (AvgIpc) is 2.45. The molecule has 1 aromatic rings. The maximum absolute atomic E-state index is 10.1. The summed E-state index contributed by atoms with van der Waals surface area (Å²) < 4.78 is 11.2. The molecule has 2 rings (SSSR count). The molecule has 5 heteroatoms. The van der Waals surface area contributed by atoms with Crippen molar-refractivity contribution in [2.45, 2.75) is 38.7 Å². The van der Waals surface area contributed by atoms with Gasteiger partial charge >= 0.3 is 0 Å². The largest absolute Gasteiger partial charge is 0.389 e. The van der Waals surface area contributed by atoms with Gasteiger partial charge in [-0.05, 0) is 25.5 Å². The Morgan fingerprint density at radius 2 is 2.19 bits per heavy atom. The van der Waals surface area contributed by atoms with Crippen LogP contribution in [0.5, 0.6) is 0 Å². The Labute approximate surface area is 131 Å². The van der Waals surface area contributed by atoms with Gasteiger partial charge in [-0.15, -0.1) is 0 Å². The van der Waals surface area contributed by atoms with Gasteiger partial charge in [-0.3, -0.25) is 4.90 Å². The van der Waals surface area contributed by atoms with Gasteiger partial charge in [-0.1, -0.05) is 29.8 Å². The molecule has 0 amide bonds. The van der Waals surface area contributed by atoms with Crippen molar-refractivity contribution in [1.29, 1.82) is 0 Å². The summed E-state index contributed by atoms with van der Waals surface area (Å²) in [5.41, 5.74) is 0.944. The highest BCUT2D eigenvalue weighted by molar-refractivity contribution is 6.31. The summed E-state index contributed by atoms with van der Waals surface area (Å²) in [4.78, 5) is 2.25. The molecule has 3 atom stereocenters. The van der Waals surface area contributed by atoms with Crippen molar-refractivity contribution >= 4 is 11.6 Å². The second-order valence-electron chi connectivity index (χ2n) is 5.71. The molecule has 0 radical (unpaired) electrons. The van der Waals surface area contributed by atoms with E-state index in [4.69, 9.17) is 21.1 Å². The van der Waals surface area contributed by atoms with Crippen molar-refractivity contribution in [3.8, 4) is 0 Å². The van der Waals surface area contributed by atoms with Crippen molar-refractivity contribution in [3.05, 3.63) is 34.9 Å². The number of benzene rings is 1. The van der Waals surface area contributed by atoms with Crippen LogP contribution >= 0.6 is 11.6 Å². The summed E-state index contributed by atoms with van der Waals surface area (Å²) in [6.07, 6.45) is -0.280. The molecule has 1 N–H and O–H groups in total. The monoisotopic (exact) mass is 313 g/mol. The zero-order chi connectivity index (χ0) is 15.2. The molecule has 0 aliphatic carbocycles. The lowest BCUT2D eigenvalue weighted by atomic mass is 10.2. The van der Waals surface area contributed by atoms with E-state index in [0.717, 1.165) is 12.1 Å². The molecule has 0 spiro atoms. The molecule has 1 heterocycles. The van der Waals surface area contributed by atoms with Crippen LogP contribution in [-0.2, 0) is 16.1 Å². The number of rotatable bonds is 6. The first-order chi connectivity index (χ1) is 10.1. The first kappa shape index (κ1) is 16.7. The average molecular weight is 314 g/mol. The van der Waals surface area contributed by atoms with Gasteiger partial charge in [0.05, 0.1) is 32.0 Å². The van der Waals surface area contributed by atoms with E-state index < -0.39 is 6.10 Å². The van der Waals surface area contributed by atoms with Crippen molar-refractivity contribution in [2.75, 3.05) is 26.3 Å². The predicted octanol–water partition coefficient (Wildman–Crippen LogP) is 2.33. The first-order valence-electron chi connectivity index (χ1n) is 7.41. The van der Waals surface area contributed by atoms with E-state index in [1.54, 1.807) is 0 Å². The summed E-state index contributed by atoms with van der Waals surface area (Å²) >= 11 is 6.07. The van der Waals surface area contributed by atoms with Crippen molar-refractivity contribution in [1.82, 2.24) is 4.90 Å². The summed E-state index contributed by atoms with van der Waals surface area (Å²) in [6, 6.07) is 7.92. The highest BCUT2D eigenvalue weighted by atomic mass is 35.5. The fraction of sp³-hybridized carbons (Fsp3) is 0.625. The van der Waals surface area contributed by atoms with E-state index in [0.29, 0.717) is 37.4 Å². The number of hydrogen-bond donors (Lipinski definition) is 1. The lowest BCUT2D eigenvalue weighted by Gasteiger charge is -2.37. The van der Waals surface area contributed by atoms with E-state index >= 15 is 0 Å². The van der Waals surface area contributed by atoms with E-state index in [9.17, 15) is 5.11 Å². The van der Waals surface area contributed by atoms with Crippen LogP contribution in [0, 0.1) is 0 Å². The minimum Gasteiger partial charge on any atom is -0.389 e. The topological polar surface area (TPSA) is 41.9 Å². The standard InChI is InChI=1S/C16H24ClNO3/c1-12-9-21-13(2)7-18(12)8-15(19)11-20-10-14-5-3-4-6-16(14)17/h3-6,12-13,15,19H,7-11H2,1-2H3. The van der Waals surface area contributed by atoms with Gasteiger partial charge in [0.1, 0.15) is 0 Å². The van der Waals surface area contributed by atoms with Gasteiger partial charge in [0.25, 0.3) is 0 Å². The molecular formula is C16H24ClNO3. The molecule has 1 fully saturated rings. The van der Waals surface area contributed by atoms with Crippen LogP contribution in [0.4, 0.5) is 0 Å². The highest BCUT2D eigenvalue weighted by Gasteiger charge is 2.25. The van der Waals surface area contributed by atoms with Crippen LogP contribution in [0.25, 0.3) is 0 Å². The Balaban J connectivity index is 1.72. The number of morpholine rings is 1. The molecule has 0 aromatic heterocycles. The quantitative estimate of drug-likeness (QED) is 0.875. The maximum Gasteiger partial charge on any atom is 0.0900 e. The molecule has 1 aliphatic heterocycles. The molecular weight excluding hydrogens is 290 g/mol. The fourth-order valence-electron chi connectivity index (χ4n) is 2.47. The third-order valence-corrected chi connectivity index (χ3v) is 4.08. The van der Waals surface area contributed by atoms with Crippen LogP contribution in [0.1, 0.15) is 19.4 Å². The van der Waals surface area contributed by atoms with E-state index in [1.165, 1.54) is 0 Å². The lowest BCUT2D eigenvalue weighted by molar-refractivity contribution is -0.0711. The molecule has 1 saturated heterocycles. The number of aliphatic hydroxyl groups excluding tert-OH is 1. The zero-order valence-electron chi connectivity index (χ0n) is 12.7. The Morgan fingerprint density at radius 3 is 2.95 bits per heavy atom. The summed E-state index contributed by atoms with van der Waals surface area (Å²) in [5.74, 6) is 0. The number of nitrogens with zero attached hydrogens (tertiary/aromatic N) is 1. The third kappa shape index (κ3) is 5.24. The summed E-state index contributed by atoms with van der Waals surface area (Å²) in [5, 5.41) is 10.8. The predicted molar refractivity (Wildman–Crippen MR) is 83.6 cm³/mol. The van der Waals surface area contributed by atoms with Crippen LogP contribution < -0.4 is 0 Å². The highest BCUT2D eigenvalue weighted by Crippen LogP contribution is 2.16. The molecule has 21 heavy (non-hydrogen) atoms. The summed E-state index contributed by atoms with van der Waals surface area (Å²) in [7, 11) is 0. The Hall–Kier alpha value is -0.650. The first-order valence-corrected chi connectivity index (χ1v) is 7.79. The lowest BCUT2D eigenvalue weighted by Crippen LogP contribution is -2.50. The van der Waals surface area contributed by atoms with Gasteiger partial charge in [-0.25, -0.2) is 0 Å². The van der Waals surface area contributed by atoms with Crippen molar-refractivity contribution < 1.29 is 14.6 Å².